The second kappa shape index (κ2) is 11.0. The molecule has 0 bridgehead atoms. The normalized spacial score (nSPS) is 19.9. The monoisotopic (exact) mass is 493 g/mol. The molecule has 9 nitrogen and oxygen atoms in total. The summed E-state index contributed by atoms with van der Waals surface area (Å²) in [7, 11) is 3.95. The second-order valence-corrected chi connectivity index (χ2v) is 9.64. The van der Waals surface area contributed by atoms with Crippen molar-refractivity contribution in [1.82, 2.24) is 20.4 Å². The Bertz CT molecular complexity index is 1100. The van der Waals surface area contributed by atoms with Crippen molar-refractivity contribution >= 4 is 23.5 Å². The molecular formula is C27H35N5O4. The maximum absolute atomic E-state index is 13.1. The molecule has 0 saturated carbocycles. The summed E-state index contributed by atoms with van der Waals surface area (Å²) >= 11 is 0. The van der Waals surface area contributed by atoms with Crippen LogP contribution in [0.4, 0.5) is 10.5 Å². The van der Waals surface area contributed by atoms with E-state index < -0.39 is 17.5 Å². The molecule has 2 aliphatic heterocycles. The van der Waals surface area contributed by atoms with Crippen molar-refractivity contribution in [3.63, 3.8) is 0 Å². The molecule has 0 spiro atoms. The van der Waals surface area contributed by atoms with Crippen LogP contribution in [0.25, 0.3) is 0 Å². The van der Waals surface area contributed by atoms with Gasteiger partial charge in [0.2, 0.25) is 5.91 Å². The van der Waals surface area contributed by atoms with Crippen LogP contribution >= 0.6 is 0 Å². The number of hydrogen-bond donors (Lipinski definition) is 2. The molecule has 0 radical (unpaired) electrons. The number of rotatable bonds is 9. The molecule has 0 aromatic heterocycles. The number of para-hydroxylation sites is 1. The minimum Gasteiger partial charge on any atom is -0.492 e. The maximum atomic E-state index is 13.1. The zero-order valence-electron chi connectivity index (χ0n) is 21.3. The summed E-state index contributed by atoms with van der Waals surface area (Å²) in [6.07, 6.45) is 0.335. The molecule has 2 aromatic carbocycles. The number of carbonyl (C=O) groups is 3. The highest BCUT2D eigenvalue weighted by Crippen LogP contribution is 2.32. The fourth-order valence-corrected chi connectivity index (χ4v) is 4.76. The van der Waals surface area contributed by atoms with Crippen molar-refractivity contribution in [2.45, 2.75) is 25.3 Å². The zero-order chi connectivity index (χ0) is 25.7. The van der Waals surface area contributed by atoms with Gasteiger partial charge in [-0.25, -0.2) is 4.79 Å². The number of anilines is 1. The quantitative estimate of drug-likeness (QED) is 0.520. The fraction of sp³-hybridized carbons (Fsp3) is 0.444. The van der Waals surface area contributed by atoms with Crippen LogP contribution in [0.3, 0.4) is 0 Å². The number of imide groups is 1. The van der Waals surface area contributed by atoms with Crippen molar-refractivity contribution in [1.29, 1.82) is 0 Å². The number of likely N-dealkylation sites (N-methyl/N-ethyl adjacent to an activating group) is 1. The lowest BCUT2D eigenvalue weighted by atomic mass is 9.85. The molecular weight excluding hydrogens is 458 g/mol. The summed E-state index contributed by atoms with van der Waals surface area (Å²) < 4.78 is 5.75. The highest BCUT2D eigenvalue weighted by molar-refractivity contribution is 6.07. The van der Waals surface area contributed by atoms with E-state index in [4.69, 9.17) is 4.74 Å². The van der Waals surface area contributed by atoms with Gasteiger partial charge >= 0.3 is 6.03 Å². The van der Waals surface area contributed by atoms with Gasteiger partial charge in [-0.05, 0) is 56.8 Å². The second-order valence-electron chi connectivity index (χ2n) is 9.64. The van der Waals surface area contributed by atoms with Crippen LogP contribution in [0, 0.1) is 6.92 Å². The highest BCUT2D eigenvalue weighted by Gasteiger charge is 2.47. The molecule has 9 heteroatoms. The third-order valence-corrected chi connectivity index (χ3v) is 6.90. The third-order valence-electron chi connectivity index (χ3n) is 6.90. The summed E-state index contributed by atoms with van der Waals surface area (Å²) in [4.78, 5) is 44.2. The number of ether oxygens (including phenoxy) is 1. The molecule has 192 valence electrons. The van der Waals surface area contributed by atoms with E-state index in [0.29, 0.717) is 31.0 Å². The summed E-state index contributed by atoms with van der Waals surface area (Å²) in [5.41, 5.74) is 1.76. The molecule has 2 aliphatic rings. The summed E-state index contributed by atoms with van der Waals surface area (Å²) in [6.45, 7) is 6.18. The topological polar surface area (TPSA) is 94.2 Å². The minimum atomic E-state index is -1.28. The molecule has 1 atom stereocenters. The Kier molecular flexibility index (Phi) is 7.79. The lowest BCUT2D eigenvalue weighted by Crippen LogP contribution is -2.50. The van der Waals surface area contributed by atoms with Gasteiger partial charge in [0.05, 0.1) is 0 Å². The Labute approximate surface area is 212 Å². The van der Waals surface area contributed by atoms with E-state index in [2.05, 4.69) is 34.6 Å². The summed E-state index contributed by atoms with van der Waals surface area (Å²) in [6, 6.07) is 14.8. The number of urea groups is 1. The molecule has 36 heavy (non-hydrogen) atoms. The van der Waals surface area contributed by atoms with Crippen LogP contribution in [-0.2, 0) is 15.1 Å². The summed E-state index contributed by atoms with van der Waals surface area (Å²) in [5, 5.41) is 5.12. The van der Waals surface area contributed by atoms with Crippen molar-refractivity contribution in [3.8, 4) is 5.75 Å². The maximum Gasteiger partial charge on any atom is 0.322 e. The fourth-order valence-electron chi connectivity index (χ4n) is 4.76. The van der Waals surface area contributed by atoms with Crippen molar-refractivity contribution in [2.24, 2.45) is 0 Å². The van der Waals surface area contributed by atoms with E-state index in [1.54, 1.807) is 24.3 Å². The molecule has 2 heterocycles. The van der Waals surface area contributed by atoms with Crippen molar-refractivity contribution in [3.05, 3.63) is 59.7 Å². The van der Waals surface area contributed by atoms with Gasteiger partial charge < -0.3 is 24.8 Å². The number of piperazine rings is 1. The first-order valence-corrected chi connectivity index (χ1v) is 12.4. The van der Waals surface area contributed by atoms with E-state index in [-0.39, 0.29) is 18.7 Å². The van der Waals surface area contributed by atoms with E-state index in [0.717, 1.165) is 19.6 Å². The van der Waals surface area contributed by atoms with Crippen molar-refractivity contribution < 1.29 is 19.1 Å². The van der Waals surface area contributed by atoms with Gasteiger partial charge in [-0.3, -0.25) is 14.9 Å². The Hall–Kier alpha value is -3.59. The van der Waals surface area contributed by atoms with Crippen LogP contribution in [0.5, 0.6) is 5.75 Å². The number of benzene rings is 2. The van der Waals surface area contributed by atoms with E-state index in [1.807, 2.05) is 36.0 Å². The van der Waals surface area contributed by atoms with Gasteiger partial charge in [-0.2, -0.15) is 0 Å². The van der Waals surface area contributed by atoms with Crippen molar-refractivity contribution in [2.75, 3.05) is 58.3 Å². The smallest absolute Gasteiger partial charge is 0.322 e. The molecule has 1 unspecified atom stereocenters. The van der Waals surface area contributed by atoms with E-state index in [9.17, 15) is 14.4 Å². The van der Waals surface area contributed by atoms with Crippen LogP contribution < -0.4 is 20.3 Å². The predicted molar refractivity (Wildman–Crippen MR) is 138 cm³/mol. The van der Waals surface area contributed by atoms with Crippen LogP contribution in [0.15, 0.2) is 48.5 Å². The Morgan fingerprint density at radius 2 is 1.72 bits per heavy atom. The third kappa shape index (κ3) is 5.62. The molecule has 4 rings (SSSR count). The molecule has 2 saturated heterocycles. The van der Waals surface area contributed by atoms with E-state index in [1.165, 1.54) is 11.3 Å². The number of nitrogens with zero attached hydrogens (tertiary/aromatic N) is 3. The number of nitrogens with one attached hydrogen (secondary N) is 2. The van der Waals surface area contributed by atoms with Crippen LogP contribution in [0.2, 0.25) is 0 Å². The highest BCUT2D eigenvalue weighted by atomic mass is 16.5. The predicted octanol–water partition coefficient (Wildman–Crippen LogP) is 2.10. The molecule has 0 aliphatic carbocycles. The largest absolute Gasteiger partial charge is 0.492 e. The van der Waals surface area contributed by atoms with Crippen LogP contribution in [0.1, 0.15) is 24.0 Å². The standard InChI is InChI=1S/C27H35N5O4/c1-20-6-4-5-7-23(20)31-14-16-32(17-15-31)24(33)12-13-27(25(34)28-26(35)29-27)21-8-10-22(11-9-21)36-19-18-30(2)3/h4-11H,12-19H2,1-3H3,(H2,28,29,34,35). The first-order valence-electron chi connectivity index (χ1n) is 12.4. The zero-order valence-corrected chi connectivity index (χ0v) is 21.3. The first-order chi connectivity index (χ1) is 17.3. The Morgan fingerprint density at radius 1 is 1.03 bits per heavy atom. The number of amides is 4. The lowest BCUT2D eigenvalue weighted by Gasteiger charge is -2.37. The SMILES string of the molecule is Cc1ccccc1N1CCN(C(=O)CCC2(c3ccc(OCCN(C)C)cc3)NC(=O)NC2=O)CC1. The summed E-state index contributed by atoms with van der Waals surface area (Å²) in [5.74, 6) is 0.227. The van der Waals surface area contributed by atoms with Gasteiger partial charge in [0.1, 0.15) is 17.9 Å². The van der Waals surface area contributed by atoms with E-state index >= 15 is 0 Å². The minimum absolute atomic E-state index is 0.0172. The first kappa shape index (κ1) is 25.5. The molecule has 2 N–H and O–H groups in total. The van der Waals surface area contributed by atoms with Gasteiger partial charge in [0, 0.05) is 44.8 Å². The average molecular weight is 494 g/mol. The molecule has 2 aromatic rings. The Balaban J connectivity index is 1.38. The van der Waals surface area contributed by atoms with Crippen LogP contribution in [-0.4, -0.2) is 81.1 Å². The molecule has 4 amide bonds. The molecule has 2 fully saturated rings. The van der Waals surface area contributed by atoms with Gasteiger partial charge in [-0.15, -0.1) is 0 Å². The van der Waals surface area contributed by atoms with Gasteiger partial charge in [0.15, 0.2) is 0 Å². The van der Waals surface area contributed by atoms with Gasteiger partial charge in [0.25, 0.3) is 5.91 Å². The van der Waals surface area contributed by atoms with Gasteiger partial charge in [-0.1, -0.05) is 30.3 Å². The number of hydrogen-bond acceptors (Lipinski definition) is 6. The Morgan fingerprint density at radius 3 is 2.33 bits per heavy atom. The number of carbonyl (C=O) groups excluding carboxylic acids is 3. The average Bonchev–Trinajstić information content (AvgIpc) is 3.16. The number of aryl methyl sites for hydroxylation is 1. The lowest BCUT2D eigenvalue weighted by molar-refractivity contribution is -0.132.